The molecule has 0 bridgehead atoms. The number of urea groups is 1. The van der Waals surface area contributed by atoms with Gasteiger partial charge in [0.15, 0.2) is 6.61 Å². The molecule has 1 aliphatic rings. The molecule has 0 atom stereocenters. The molecule has 1 fully saturated rings. The van der Waals surface area contributed by atoms with Gasteiger partial charge in [0.2, 0.25) is 0 Å². The summed E-state index contributed by atoms with van der Waals surface area (Å²) >= 11 is 0. The van der Waals surface area contributed by atoms with Gasteiger partial charge in [0, 0.05) is 30.6 Å². The number of carbonyl (C=O) groups excluding carboxylic acids is 2. The number of nitrogens with zero attached hydrogens (tertiary/aromatic N) is 1. The van der Waals surface area contributed by atoms with Gasteiger partial charge in [-0.3, -0.25) is 9.69 Å². The number of imide groups is 1. The number of aryl methyl sites for hydroxylation is 1. The fraction of sp³-hybridized carbons (Fsp3) is 0.312. The van der Waals surface area contributed by atoms with Crippen LogP contribution in [0.2, 0.25) is 0 Å². The number of hydrogen-bond donors (Lipinski definition) is 1. The van der Waals surface area contributed by atoms with Crippen molar-refractivity contribution in [3.8, 4) is 5.75 Å². The van der Waals surface area contributed by atoms with Gasteiger partial charge in [-0.1, -0.05) is 6.92 Å². The van der Waals surface area contributed by atoms with Crippen LogP contribution in [0.3, 0.4) is 0 Å². The molecule has 1 N–H and O–H groups in total. The Kier molecular flexibility index (Phi) is 4.01. The van der Waals surface area contributed by atoms with Crippen LogP contribution in [0.1, 0.15) is 12.5 Å². The first-order valence-corrected chi connectivity index (χ1v) is 7.36. The molecule has 1 aromatic carbocycles. The van der Waals surface area contributed by atoms with Gasteiger partial charge in [-0.15, -0.1) is 0 Å². The van der Waals surface area contributed by atoms with Crippen molar-refractivity contribution < 1.29 is 18.7 Å². The number of carbonyl (C=O) groups is 2. The highest BCUT2D eigenvalue weighted by atomic mass is 16.5. The number of ether oxygens (including phenoxy) is 1. The van der Waals surface area contributed by atoms with Gasteiger partial charge in [-0.2, -0.15) is 0 Å². The van der Waals surface area contributed by atoms with E-state index >= 15 is 0 Å². The maximum Gasteiger partial charge on any atom is 0.336 e. The molecule has 3 amide bonds. The van der Waals surface area contributed by atoms with E-state index in [9.17, 15) is 14.4 Å². The van der Waals surface area contributed by atoms with Crippen molar-refractivity contribution in [3.05, 3.63) is 40.2 Å². The SMILES string of the molecule is CCc1cc(=O)oc2cc(OCC(=O)N3CCNC3=O)ccc12. The molecule has 2 aromatic rings. The van der Waals surface area contributed by atoms with Crippen molar-refractivity contribution in [1.82, 2.24) is 10.2 Å². The Hall–Kier alpha value is -2.83. The zero-order chi connectivity index (χ0) is 16.4. The minimum atomic E-state index is -0.420. The van der Waals surface area contributed by atoms with E-state index in [1.807, 2.05) is 6.92 Å². The summed E-state index contributed by atoms with van der Waals surface area (Å²) in [6.45, 7) is 2.49. The summed E-state index contributed by atoms with van der Waals surface area (Å²) in [5.74, 6) is -0.00860. The van der Waals surface area contributed by atoms with E-state index in [1.54, 1.807) is 18.2 Å². The third-order valence-corrected chi connectivity index (χ3v) is 3.70. The van der Waals surface area contributed by atoms with E-state index in [2.05, 4.69) is 5.32 Å². The standard InChI is InChI=1S/C16H16N2O5/c1-2-10-7-15(20)23-13-8-11(3-4-12(10)13)22-9-14(19)18-6-5-17-16(18)21/h3-4,7-8H,2,5-6,9H2,1H3,(H,17,21). The zero-order valence-electron chi connectivity index (χ0n) is 12.6. The fourth-order valence-electron chi connectivity index (χ4n) is 2.53. The summed E-state index contributed by atoms with van der Waals surface area (Å²) in [7, 11) is 0. The maximum absolute atomic E-state index is 11.9. The largest absolute Gasteiger partial charge is 0.484 e. The Morgan fingerprint density at radius 1 is 1.35 bits per heavy atom. The highest BCUT2D eigenvalue weighted by molar-refractivity contribution is 5.96. The Labute approximate surface area is 131 Å². The Morgan fingerprint density at radius 2 is 2.17 bits per heavy atom. The molecule has 2 heterocycles. The Morgan fingerprint density at radius 3 is 2.87 bits per heavy atom. The molecular weight excluding hydrogens is 300 g/mol. The Bertz CT molecular complexity index is 827. The van der Waals surface area contributed by atoms with Crippen LogP contribution in [0, 0.1) is 0 Å². The van der Waals surface area contributed by atoms with Crippen molar-refractivity contribution >= 4 is 22.9 Å². The second-order valence-electron chi connectivity index (χ2n) is 5.17. The zero-order valence-corrected chi connectivity index (χ0v) is 12.6. The minimum Gasteiger partial charge on any atom is -0.484 e. The highest BCUT2D eigenvalue weighted by Crippen LogP contribution is 2.23. The molecule has 7 heteroatoms. The van der Waals surface area contributed by atoms with Gasteiger partial charge in [-0.25, -0.2) is 9.59 Å². The van der Waals surface area contributed by atoms with Crippen LogP contribution in [-0.4, -0.2) is 36.5 Å². The first-order valence-electron chi connectivity index (χ1n) is 7.36. The van der Waals surface area contributed by atoms with Crippen molar-refractivity contribution in [2.75, 3.05) is 19.7 Å². The van der Waals surface area contributed by atoms with Crippen LogP contribution >= 0.6 is 0 Å². The lowest BCUT2D eigenvalue weighted by molar-refractivity contribution is -0.129. The monoisotopic (exact) mass is 316 g/mol. The summed E-state index contributed by atoms with van der Waals surface area (Å²) in [5, 5.41) is 3.39. The van der Waals surface area contributed by atoms with Gasteiger partial charge in [-0.05, 0) is 24.1 Å². The topological polar surface area (TPSA) is 88.8 Å². The quantitative estimate of drug-likeness (QED) is 0.859. The number of benzene rings is 1. The van der Waals surface area contributed by atoms with E-state index < -0.39 is 17.6 Å². The third kappa shape index (κ3) is 3.03. The fourth-order valence-corrected chi connectivity index (χ4v) is 2.53. The maximum atomic E-state index is 11.9. The molecule has 0 saturated carbocycles. The number of hydrogen-bond acceptors (Lipinski definition) is 5. The number of nitrogens with one attached hydrogen (secondary N) is 1. The third-order valence-electron chi connectivity index (χ3n) is 3.70. The molecule has 23 heavy (non-hydrogen) atoms. The lowest BCUT2D eigenvalue weighted by atomic mass is 10.1. The van der Waals surface area contributed by atoms with Gasteiger partial charge < -0.3 is 14.5 Å². The van der Waals surface area contributed by atoms with Crippen LogP contribution in [0.25, 0.3) is 11.0 Å². The summed E-state index contributed by atoms with van der Waals surface area (Å²) in [4.78, 5) is 36.0. The predicted molar refractivity (Wildman–Crippen MR) is 82.5 cm³/mol. The molecule has 1 aromatic heterocycles. The molecule has 0 unspecified atom stereocenters. The van der Waals surface area contributed by atoms with E-state index in [0.29, 0.717) is 30.8 Å². The van der Waals surface area contributed by atoms with Gasteiger partial charge in [0.1, 0.15) is 11.3 Å². The van der Waals surface area contributed by atoms with Crippen LogP contribution in [0.15, 0.2) is 33.5 Å². The molecule has 3 rings (SSSR count). The van der Waals surface area contributed by atoms with Crippen LogP contribution < -0.4 is 15.7 Å². The first-order chi connectivity index (χ1) is 11.1. The van der Waals surface area contributed by atoms with Crippen LogP contribution in [-0.2, 0) is 11.2 Å². The smallest absolute Gasteiger partial charge is 0.336 e. The normalized spacial score (nSPS) is 14.1. The number of fused-ring (bicyclic) bond motifs is 1. The second-order valence-corrected chi connectivity index (χ2v) is 5.17. The number of rotatable bonds is 4. The first kappa shape index (κ1) is 15.1. The average molecular weight is 316 g/mol. The summed E-state index contributed by atoms with van der Waals surface area (Å²) in [5.41, 5.74) is 0.891. The highest BCUT2D eigenvalue weighted by Gasteiger charge is 2.26. The molecule has 0 aliphatic carbocycles. The van der Waals surface area contributed by atoms with Crippen molar-refractivity contribution in [1.29, 1.82) is 0 Å². The molecule has 0 spiro atoms. The predicted octanol–water partition coefficient (Wildman–Crippen LogP) is 1.29. The van der Waals surface area contributed by atoms with Crippen LogP contribution in [0.4, 0.5) is 4.79 Å². The molecule has 1 aliphatic heterocycles. The summed E-state index contributed by atoms with van der Waals surface area (Å²) < 4.78 is 10.6. The number of amides is 3. The van der Waals surface area contributed by atoms with Crippen molar-refractivity contribution in [2.24, 2.45) is 0 Å². The summed E-state index contributed by atoms with van der Waals surface area (Å²) in [6, 6.07) is 6.14. The molecule has 0 radical (unpaired) electrons. The Balaban J connectivity index is 1.77. The second kappa shape index (κ2) is 6.12. The molecule has 120 valence electrons. The van der Waals surface area contributed by atoms with E-state index in [-0.39, 0.29) is 6.61 Å². The lowest BCUT2D eigenvalue weighted by Gasteiger charge is -2.13. The van der Waals surface area contributed by atoms with E-state index in [1.165, 1.54) is 6.07 Å². The van der Waals surface area contributed by atoms with Gasteiger partial charge >= 0.3 is 11.7 Å². The van der Waals surface area contributed by atoms with Gasteiger partial charge in [0.05, 0.1) is 0 Å². The van der Waals surface area contributed by atoms with E-state index in [0.717, 1.165) is 15.8 Å². The van der Waals surface area contributed by atoms with Crippen molar-refractivity contribution in [3.63, 3.8) is 0 Å². The average Bonchev–Trinajstić information content (AvgIpc) is 2.97. The van der Waals surface area contributed by atoms with E-state index in [4.69, 9.17) is 9.15 Å². The van der Waals surface area contributed by atoms with Gasteiger partial charge in [0.25, 0.3) is 5.91 Å². The summed E-state index contributed by atoms with van der Waals surface area (Å²) in [6.07, 6.45) is 0.713. The van der Waals surface area contributed by atoms with Crippen molar-refractivity contribution in [2.45, 2.75) is 13.3 Å². The minimum absolute atomic E-state index is 0.253. The molecular formula is C16H16N2O5. The molecule has 1 saturated heterocycles. The van der Waals surface area contributed by atoms with Crippen LogP contribution in [0.5, 0.6) is 5.75 Å². The molecule has 7 nitrogen and oxygen atoms in total. The lowest BCUT2D eigenvalue weighted by Crippen LogP contribution is -2.37.